The predicted molar refractivity (Wildman–Crippen MR) is 257 cm³/mol. The maximum Gasteiger partial charge on any atom is 0.0585 e. The van der Waals surface area contributed by atoms with Gasteiger partial charge < -0.3 is 9.47 Å². The predicted octanol–water partition coefficient (Wildman–Crippen LogP) is 16.1. The van der Waals surface area contributed by atoms with Crippen molar-refractivity contribution in [3.8, 4) is 61.5 Å². The third-order valence-corrected chi connectivity index (χ3v) is 12.6. The van der Waals surface area contributed by atoms with Gasteiger partial charge in [-0.2, -0.15) is 0 Å². The highest BCUT2D eigenvalue weighted by atomic mass is 15.1. The number of hydrogen-bond donors (Lipinski definition) is 0. The molecule has 0 N–H and O–H groups in total. The van der Waals surface area contributed by atoms with Gasteiger partial charge in [0.05, 0.1) is 11.2 Å². The van der Waals surface area contributed by atoms with E-state index in [-0.39, 0.29) is 5.41 Å². The van der Waals surface area contributed by atoms with Crippen LogP contribution in [0.3, 0.4) is 0 Å². The molecule has 0 saturated carbocycles. The fraction of sp³-hybridized carbons (Fsp3) is 0.0508. The Morgan fingerprint density at radius 2 is 0.754 bits per heavy atom. The summed E-state index contributed by atoms with van der Waals surface area (Å²) >= 11 is 0. The van der Waals surface area contributed by atoms with E-state index >= 15 is 0 Å². The molecule has 0 amide bonds. The van der Waals surface area contributed by atoms with Gasteiger partial charge in [-0.25, -0.2) is 0 Å². The van der Waals surface area contributed by atoms with Crippen LogP contribution >= 0.6 is 0 Å². The Kier molecular flexibility index (Phi) is 8.86. The number of rotatable bonds is 8. The first-order chi connectivity index (χ1) is 30.0. The van der Waals surface area contributed by atoms with E-state index in [0.717, 1.165) is 17.1 Å². The smallest absolute Gasteiger partial charge is 0.0585 e. The molecule has 1 aliphatic carbocycles. The summed E-state index contributed by atoms with van der Waals surface area (Å²) in [5.41, 5.74) is 20.7. The monoisotopic (exact) mass is 780 g/mol. The molecule has 290 valence electrons. The summed E-state index contributed by atoms with van der Waals surface area (Å²) < 4.78 is 2.49. The lowest BCUT2D eigenvalue weighted by molar-refractivity contribution is 0.666. The number of hydrogen-bond acceptors (Lipinski definition) is 1. The third kappa shape index (κ3) is 6.36. The second-order valence-corrected chi connectivity index (χ2v) is 16.6. The molecule has 2 heteroatoms. The van der Waals surface area contributed by atoms with Gasteiger partial charge in [0.15, 0.2) is 0 Å². The molecule has 0 atom stereocenters. The van der Waals surface area contributed by atoms with Gasteiger partial charge in [-0.15, -0.1) is 0 Å². The molecule has 9 aromatic carbocycles. The van der Waals surface area contributed by atoms with Crippen molar-refractivity contribution in [1.29, 1.82) is 0 Å². The Balaban J connectivity index is 0.913. The van der Waals surface area contributed by atoms with E-state index in [4.69, 9.17) is 0 Å². The highest BCUT2D eigenvalue weighted by Crippen LogP contribution is 2.54. The van der Waals surface area contributed by atoms with Crippen LogP contribution in [0.2, 0.25) is 0 Å². The van der Waals surface area contributed by atoms with Crippen molar-refractivity contribution in [3.05, 3.63) is 242 Å². The summed E-state index contributed by atoms with van der Waals surface area (Å²) in [6, 6.07) is 83.7. The molecule has 2 nitrogen and oxygen atoms in total. The summed E-state index contributed by atoms with van der Waals surface area (Å²) in [7, 11) is 0. The molecular weight excluding hydrogens is 737 g/mol. The van der Waals surface area contributed by atoms with Gasteiger partial charge in [-0.1, -0.05) is 184 Å². The number of aromatic nitrogens is 1. The molecular formula is C59H44N2. The van der Waals surface area contributed by atoms with E-state index in [0.29, 0.717) is 0 Å². The lowest BCUT2D eigenvalue weighted by Crippen LogP contribution is -2.14. The molecule has 0 unspecified atom stereocenters. The molecule has 0 fully saturated rings. The Hall–Kier alpha value is -7.68. The standard InChI is InChI=1S/C59H44N2/c1-59(2)55-39-32-48(40-54(55)58-57(59)53-20-12-13-21-56(53)61(58)52-37-30-45(31-38-52)42-16-8-4-9-17-42)47-24-22-43(23-25-47)46-28-35-51(36-29-46)60(49-18-10-5-11-19-49)50-33-26-44(27-34-50)41-14-6-3-7-15-41/h3-40H,1-2H3. The van der Waals surface area contributed by atoms with Crippen molar-refractivity contribution < 1.29 is 0 Å². The fourth-order valence-electron chi connectivity index (χ4n) is 9.54. The molecule has 0 spiro atoms. The van der Waals surface area contributed by atoms with Gasteiger partial charge in [-0.05, 0) is 116 Å². The average molecular weight is 781 g/mol. The van der Waals surface area contributed by atoms with Crippen molar-refractivity contribution in [2.75, 3.05) is 4.90 Å². The zero-order chi connectivity index (χ0) is 40.9. The zero-order valence-electron chi connectivity index (χ0n) is 34.3. The SMILES string of the molecule is CC1(C)c2ccc(-c3ccc(-c4ccc(N(c5ccccc5)c5ccc(-c6ccccc6)cc5)cc4)cc3)cc2-c2c1c1ccccc1n2-c1ccc(-c2ccccc2)cc1. The molecule has 0 saturated heterocycles. The van der Waals surface area contributed by atoms with Crippen molar-refractivity contribution in [2.24, 2.45) is 0 Å². The number of para-hydroxylation sites is 2. The fourth-order valence-corrected chi connectivity index (χ4v) is 9.54. The minimum absolute atomic E-state index is 0.143. The number of anilines is 3. The Bertz CT molecular complexity index is 3140. The Labute approximate surface area is 358 Å². The molecule has 11 rings (SSSR count). The van der Waals surface area contributed by atoms with Crippen LogP contribution < -0.4 is 4.90 Å². The van der Waals surface area contributed by atoms with E-state index in [9.17, 15) is 0 Å². The molecule has 0 bridgehead atoms. The Morgan fingerprint density at radius 3 is 1.30 bits per heavy atom. The second kappa shape index (κ2) is 14.9. The van der Waals surface area contributed by atoms with Crippen molar-refractivity contribution in [2.45, 2.75) is 19.3 Å². The van der Waals surface area contributed by atoms with Crippen LogP contribution in [0, 0.1) is 0 Å². The van der Waals surface area contributed by atoms with Gasteiger partial charge in [-0.3, -0.25) is 0 Å². The van der Waals surface area contributed by atoms with E-state index in [1.54, 1.807) is 0 Å². The van der Waals surface area contributed by atoms with E-state index in [1.807, 2.05) is 0 Å². The summed E-state index contributed by atoms with van der Waals surface area (Å²) in [6.07, 6.45) is 0. The molecule has 1 aromatic heterocycles. The number of benzene rings is 9. The highest BCUT2D eigenvalue weighted by molar-refractivity contribution is 6.00. The normalized spacial score (nSPS) is 12.6. The van der Waals surface area contributed by atoms with Crippen LogP contribution in [-0.2, 0) is 5.41 Å². The van der Waals surface area contributed by atoms with E-state index in [2.05, 4.69) is 254 Å². The lowest BCUT2D eigenvalue weighted by Gasteiger charge is -2.26. The van der Waals surface area contributed by atoms with Crippen molar-refractivity contribution in [1.82, 2.24) is 4.57 Å². The van der Waals surface area contributed by atoms with Gasteiger partial charge >= 0.3 is 0 Å². The van der Waals surface area contributed by atoms with Gasteiger partial charge in [0.25, 0.3) is 0 Å². The first-order valence-corrected chi connectivity index (χ1v) is 21.2. The average Bonchev–Trinajstić information content (AvgIpc) is 3.80. The second-order valence-electron chi connectivity index (χ2n) is 16.6. The quantitative estimate of drug-likeness (QED) is 0.149. The van der Waals surface area contributed by atoms with Crippen molar-refractivity contribution in [3.63, 3.8) is 0 Å². The van der Waals surface area contributed by atoms with Crippen molar-refractivity contribution >= 4 is 28.0 Å². The molecule has 10 aromatic rings. The van der Waals surface area contributed by atoms with Crippen LogP contribution in [0.4, 0.5) is 17.1 Å². The van der Waals surface area contributed by atoms with Gasteiger partial charge in [0.2, 0.25) is 0 Å². The summed E-state index contributed by atoms with van der Waals surface area (Å²) in [5.74, 6) is 0. The topological polar surface area (TPSA) is 8.17 Å². The summed E-state index contributed by atoms with van der Waals surface area (Å²) in [5, 5.41) is 1.32. The van der Waals surface area contributed by atoms with Crippen LogP contribution in [0.25, 0.3) is 72.4 Å². The molecule has 0 aliphatic heterocycles. The Morgan fingerprint density at radius 1 is 0.361 bits per heavy atom. The van der Waals surface area contributed by atoms with Gasteiger partial charge in [0.1, 0.15) is 0 Å². The van der Waals surface area contributed by atoms with E-state index in [1.165, 1.54) is 83.5 Å². The maximum atomic E-state index is 2.49. The van der Waals surface area contributed by atoms with Crippen LogP contribution in [0.15, 0.2) is 231 Å². The highest BCUT2D eigenvalue weighted by Gasteiger charge is 2.40. The minimum Gasteiger partial charge on any atom is -0.311 e. The van der Waals surface area contributed by atoms with E-state index < -0.39 is 0 Å². The third-order valence-electron chi connectivity index (χ3n) is 12.6. The number of nitrogens with zero attached hydrogens (tertiary/aromatic N) is 2. The summed E-state index contributed by atoms with van der Waals surface area (Å²) in [4.78, 5) is 2.32. The molecule has 0 radical (unpaired) electrons. The first-order valence-electron chi connectivity index (χ1n) is 21.2. The molecule has 61 heavy (non-hydrogen) atoms. The zero-order valence-corrected chi connectivity index (χ0v) is 34.3. The van der Waals surface area contributed by atoms with Crippen LogP contribution in [-0.4, -0.2) is 4.57 Å². The minimum atomic E-state index is -0.143. The van der Waals surface area contributed by atoms with Crippen LogP contribution in [0.5, 0.6) is 0 Å². The largest absolute Gasteiger partial charge is 0.311 e. The summed E-state index contributed by atoms with van der Waals surface area (Å²) in [6.45, 7) is 4.76. The van der Waals surface area contributed by atoms with Gasteiger partial charge in [0, 0.05) is 39.1 Å². The lowest BCUT2D eigenvalue weighted by atomic mass is 9.81. The molecule has 1 aliphatic rings. The van der Waals surface area contributed by atoms with Crippen LogP contribution in [0.1, 0.15) is 25.0 Å². The molecule has 1 heterocycles. The number of fused-ring (bicyclic) bond motifs is 5. The maximum absolute atomic E-state index is 2.49. The first kappa shape index (κ1) is 36.4.